The van der Waals surface area contributed by atoms with E-state index >= 15 is 0 Å². The van der Waals surface area contributed by atoms with Gasteiger partial charge in [-0.1, -0.05) is 142 Å². The topological polar surface area (TPSA) is 124 Å². The molecular weight excluding hydrogens is 1030 g/mol. The van der Waals surface area contributed by atoms with Crippen molar-refractivity contribution in [3.63, 3.8) is 0 Å². The molecule has 0 rings (SSSR count). The van der Waals surface area contributed by atoms with Crippen LogP contribution in [0.1, 0.15) is 110 Å². The van der Waals surface area contributed by atoms with E-state index in [9.17, 15) is 18.9 Å². The number of hydrogen-bond donors (Lipinski definition) is 0. The van der Waals surface area contributed by atoms with Crippen molar-refractivity contribution in [3.05, 3.63) is 55.3 Å². The molecule has 0 aliphatic rings. The Morgan fingerprint density at radius 3 is 1.36 bits per heavy atom. The summed E-state index contributed by atoms with van der Waals surface area (Å²) in [6.45, 7) is 38.0. The van der Waals surface area contributed by atoms with Gasteiger partial charge in [-0.3, -0.25) is 9.36 Å². The fourth-order valence-electron chi connectivity index (χ4n) is 4.76. The average molecular weight is 1110 g/mol. The van der Waals surface area contributed by atoms with Crippen LogP contribution in [0.4, 0.5) is 0 Å². The van der Waals surface area contributed by atoms with Crippen LogP contribution in [0.3, 0.4) is 0 Å². The Morgan fingerprint density at radius 2 is 1.07 bits per heavy atom. The van der Waals surface area contributed by atoms with Gasteiger partial charge in [-0.15, -0.1) is 0 Å². The summed E-state index contributed by atoms with van der Waals surface area (Å²) >= 11 is 4.44. The number of aldehydes is 1. The number of carbonyl (C=O) groups excluding carboxylic acids is 3. The molecule has 0 spiro atoms. The number of esters is 2. The van der Waals surface area contributed by atoms with Crippen LogP contribution in [0.15, 0.2) is 55.3 Å². The van der Waals surface area contributed by atoms with Gasteiger partial charge >= 0.3 is 19.5 Å². The van der Waals surface area contributed by atoms with E-state index in [0.717, 1.165) is 6.29 Å². The molecule has 0 aromatic rings. The van der Waals surface area contributed by atoms with E-state index in [-0.39, 0.29) is 53.3 Å². The summed E-state index contributed by atoms with van der Waals surface area (Å²) in [5.41, 5.74) is 2.18. The number of methoxy groups -OCH3 is 2. The van der Waals surface area contributed by atoms with E-state index in [1.165, 1.54) is 32.3 Å². The number of rotatable bonds is 21. The van der Waals surface area contributed by atoms with Crippen LogP contribution in [0.5, 0.6) is 0 Å². The summed E-state index contributed by atoms with van der Waals surface area (Å²) in [5, 5.41) is 0.307. The second-order valence-corrected chi connectivity index (χ2v) is 30.9. The maximum Gasteiger partial charge on any atom is 0.344 e. The molecule has 0 bridgehead atoms. The van der Waals surface area contributed by atoms with Crippen LogP contribution in [0.2, 0.25) is 36.3 Å². The maximum atomic E-state index is 12.0. The summed E-state index contributed by atoms with van der Waals surface area (Å²) < 4.78 is 48.3. The average Bonchev–Trinajstić information content (AvgIpc) is 3.11. The Labute approximate surface area is 389 Å². The first-order chi connectivity index (χ1) is 26.9. The fourth-order valence-corrected chi connectivity index (χ4v) is 10.3. The van der Waals surface area contributed by atoms with Crippen molar-refractivity contribution in [1.29, 1.82) is 0 Å². The van der Waals surface area contributed by atoms with Crippen molar-refractivity contribution in [2.45, 2.75) is 164 Å². The van der Waals surface area contributed by atoms with Crippen molar-refractivity contribution in [2.24, 2.45) is 11.8 Å². The highest BCUT2D eigenvalue weighted by Crippen LogP contribution is 2.53. The van der Waals surface area contributed by atoms with Crippen molar-refractivity contribution in [1.82, 2.24) is 0 Å². The molecule has 0 fully saturated rings. The van der Waals surface area contributed by atoms with Gasteiger partial charge in [0, 0.05) is 12.0 Å². The Hall–Kier alpha value is -0.726. The molecule has 59 heavy (non-hydrogen) atoms. The summed E-state index contributed by atoms with van der Waals surface area (Å²) in [6, 6.07) is 0. The molecule has 0 aliphatic heterocycles. The first kappa shape index (κ1) is 62.6. The zero-order valence-electron chi connectivity index (χ0n) is 40.1. The number of halogens is 2. The first-order valence-corrected chi connectivity index (χ1v) is 30.2. The van der Waals surface area contributed by atoms with E-state index in [2.05, 4.69) is 170 Å². The summed E-state index contributed by atoms with van der Waals surface area (Å²) in [4.78, 5) is 33.8. The van der Waals surface area contributed by atoms with Gasteiger partial charge in [-0.25, -0.2) is 4.79 Å². The number of allylic oxidation sites excluding steroid dienone is 4. The van der Waals surface area contributed by atoms with E-state index in [0.29, 0.717) is 18.4 Å². The standard InChI is InChI=1S/C20H35IO3Si.C16H29IO2Si.C8H17O5P/c1-15(12-13-21)14-17(3)18(11-10-16(2)19(22)23-7)24-25(8,9)20(4,5)6;1-13(8-10-17)12-14(2)15(9-11-18)19-20(6,7)16(3,4)5;1-5-12-14(10,13-6-2)7(3)8(9)11-4/h10,12-14,17-18H,11H2,1-9H3;8,10-12,14-15H,9H2,1-7H3;7H,5-6H2,1-4H3/b13-12-,15-14+,16-10?;10-8-,13-12+;/t17-,18-;14-,15-;/m00./s1. The minimum absolute atomic E-state index is 0.0223. The van der Waals surface area contributed by atoms with Crippen LogP contribution >= 0.6 is 52.8 Å². The molecular formula is C44H81I2O10PSi2. The van der Waals surface area contributed by atoms with Crippen LogP contribution in [0.25, 0.3) is 0 Å². The van der Waals surface area contributed by atoms with Crippen molar-refractivity contribution >= 4 is 87.6 Å². The molecule has 0 aromatic heterocycles. The largest absolute Gasteiger partial charge is 0.468 e. The van der Waals surface area contributed by atoms with E-state index in [1.54, 1.807) is 20.8 Å². The Kier molecular flexibility index (Phi) is 32.2. The highest BCUT2D eigenvalue weighted by atomic mass is 127. The third kappa shape index (κ3) is 25.2. The maximum absolute atomic E-state index is 12.0. The first-order valence-electron chi connectivity index (χ1n) is 20.3. The second kappa shape index (κ2) is 30.4. The third-order valence-electron chi connectivity index (χ3n) is 10.5. The van der Waals surface area contributed by atoms with Crippen LogP contribution in [-0.2, 0) is 46.3 Å². The van der Waals surface area contributed by atoms with Gasteiger partial charge in [0.25, 0.3) is 0 Å². The summed E-state index contributed by atoms with van der Waals surface area (Å²) in [7, 11) is -4.46. The van der Waals surface area contributed by atoms with Gasteiger partial charge in [0.05, 0.1) is 39.6 Å². The van der Waals surface area contributed by atoms with Gasteiger partial charge in [-0.05, 0) is 104 Å². The molecule has 0 saturated carbocycles. The molecule has 0 aromatic carbocycles. The van der Waals surface area contributed by atoms with Crippen LogP contribution in [0, 0.1) is 11.8 Å². The number of carbonyl (C=O) groups is 3. The van der Waals surface area contributed by atoms with Gasteiger partial charge in [-0.2, -0.15) is 0 Å². The van der Waals surface area contributed by atoms with Crippen LogP contribution in [-0.4, -0.2) is 80.2 Å². The van der Waals surface area contributed by atoms with Crippen LogP contribution < -0.4 is 0 Å². The van der Waals surface area contributed by atoms with Crippen molar-refractivity contribution < 1.29 is 46.3 Å². The number of hydrogen-bond acceptors (Lipinski definition) is 10. The van der Waals surface area contributed by atoms with E-state index < -0.39 is 35.9 Å². The summed E-state index contributed by atoms with van der Waals surface area (Å²) in [6.07, 6.45) is 12.7. The quantitative estimate of drug-likeness (QED) is 0.0209. The third-order valence-corrected chi connectivity index (χ3v) is 22.6. The predicted octanol–water partition coefficient (Wildman–Crippen LogP) is 13.7. The fraction of sp³-hybridized carbons (Fsp3) is 0.705. The smallest absolute Gasteiger partial charge is 0.344 e. The minimum atomic E-state index is -3.36. The molecule has 10 nitrogen and oxygen atoms in total. The molecule has 0 amide bonds. The predicted molar refractivity (Wildman–Crippen MR) is 270 cm³/mol. The Bertz CT molecular complexity index is 1450. The molecule has 15 heteroatoms. The van der Waals surface area contributed by atoms with Crippen molar-refractivity contribution in [2.75, 3.05) is 27.4 Å². The van der Waals surface area contributed by atoms with Gasteiger partial charge < -0.3 is 32.2 Å². The lowest BCUT2D eigenvalue weighted by Crippen LogP contribution is -2.45. The lowest BCUT2D eigenvalue weighted by atomic mass is 9.98. The Balaban J connectivity index is -0.000000830. The molecule has 0 heterocycles. The second-order valence-electron chi connectivity index (χ2n) is 17.5. The normalized spacial score (nSPS) is 16.3. The highest BCUT2D eigenvalue weighted by molar-refractivity contribution is 14.1. The van der Waals surface area contributed by atoms with E-state index in [1.807, 2.05) is 14.2 Å². The molecule has 0 N–H and O–H groups in total. The highest BCUT2D eigenvalue weighted by Gasteiger charge is 2.41. The summed E-state index contributed by atoms with van der Waals surface area (Å²) in [5.74, 6) is -0.376. The zero-order valence-corrected chi connectivity index (χ0v) is 47.3. The monoisotopic (exact) mass is 1110 g/mol. The SMILES string of the molecule is CC(/C=C\I)=C\[C@H](C)[C@H](CC=O)O[Si](C)(C)C(C)(C)C.CCOP(=O)(OCC)C(C)C(=O)OC.COC(=O)C(C)=CC[C@H](O[Si](C)(C)C(C)(C)C)[C@@H](C)/C=C(C)/C=C\I. The molecule has 0 radical (unpaired) electrons. The van der Waals surface area contributed by atoms with Gasteiger partial charge in [0.1, 0.15) is 6.29 Å². The zero-order chi connectivity index (χ0) is 47.0. The molecule has 0 aliphatic carbocycles. The lowest BCUT2D eigenvalue weighted by Gasteiger charge is -2.40. The molecule has 0 saturated heterocycles. The number of ether oxygens (including phenoxy) is 2. The lowest BCUT2D eigenvalue weighted by molar-refractivity contribution is -0.140. The Morgan fingerprint density at radius 1 is 0.695 bits per heavy atom. The molecule has 1 unspecified atom stereocenters. The molecule has 344 valence electrons. The molecule has 5 atom stereocenters. The van der Waals surface area contributed by atoms with E-state index in [4.69, 9.17) is 22.6 Å². The minimum Gasteiger partial charge on any atom is -0.468 e. The van der Waals surface area contributed by atoms with Gasteiger partial charge in [0.2, 0.25) is 0 Å². The van der Waals surface area contributed by atoms with Gasteiger partial charge in [0.15, 0.2) is 22.3 Å². The van der Waals surface area contributed by atoms with Crippen molar-refractivity contribution in [3.8, 4) is 0 Å².